The molecule has 4 nitrogen and oxygen atoms in total. The molecule has 2 aromatic carbocycles. The van der Waals surface area contributed by atoms with Gasteiger partial charge >= 0.3 is 0 Å². The van der Waals surface area contributed by atoms with Crippen molar-refractivity contribution in [2.75, 3.05) is 12.4 Å². The molecule has 0 saturated heterocycles. The van der Waals surface area contributed by atoms with Crippen molar-refractivity contribution < 1.29 is 14.3 Å². The normalized spacial score (nSPS) is 11.5. The zero-order valence-corrected chi connectivity index (χ0v) is 12.2. The van der Waals surface area contributed by atoms with Gasteiger partial charge in [0.2, 0.25) is 0 Å². The summed E-state index contributed by atoms with van der Waals surface area (Å²) in [5.41, 5.74) is 0.689. The maximum Gasteiger partial charge on any atom is 0.265 e. The molecular weight excluding hydrogens is 266 g/mol. The van der Waals surface area contributed by atoms with Gasteiger partial charge in [-0.15, -0.1) is 0 Å². The Hall–Kier alpha value is -2.49. The number of benzene rings is 2. The Morgan fingerprint density at radius 1 is 1.10 bits per heavy atom. The predicted molar refractivity (Wildman–Crippen MR) is 82.8 cm³/mol. The summed E-state index contributed by atoms with van der Waals surface area (Å²) >= 11 is 0. The van der Waals surface area contributed by atoms with Crippen LogP contribution in [-0.2, 0) is 4.79 Å². The highest BCUT2D eigenvalue weighted by atomic mass is 16.5. The Balaban J connectivity index is 2.02. The van der Waals surface area contributed by atoms with Crippen LogP contribution < -0.4 is 14.8 Å². The summed E-state index contributed by atoms with van der Waals surface area (Å²) in [6.07, 6.45) is 0.0589. The largest absolute Gasteiger partial charge is 0.497 e. The Kier molecular flexibility index (Phi) is 5.21. The molecule has 1 amide bonds. The van der Waals surface area contributed by atoms with Gasteiger partial charge in [-0.2, -0.15) is 0 Å². The molecule has 0 bridgehead atoms. The number of hydrogen-bond donors (Lipinski definition) is 1. The molecule has 0 fully saturated rings. The maximum absolute atomic E-state index is 12.3. The summed E-state index contributed by atoms with van der Waals surface area (Å²) in [7, 11) is 1.59. The molecule has 0 saturated carbocycles. The standard InChI is InChI=1S/C17H19NO3/c1-3-16(21-14-9-5-4-6-10-14)17(19)18-13-8-7-11-15(12-13)20-2/h4-12,16H,3H2,1-2H3,(H,18,19)/t16-/m0/s1. The number of methoxy groups -OCH3 is 1. The lowest BCUT2D eigenvalue weighted by Crippen LogP contribution is -2.32. The number of rotatable bonds is 6. The molecule has 0 aliphatic heterocycles. The van der Waals surface area contributed by atoms with Gasteiger partial charge in [-0.25, -0.2) is 0 Å². The summed E-state index contributed by atoms with van der Waals surface area (Å²) < 4.78 is 10.8. The zero-order valence-electron chi connectivity index (χ0n) is 12.2. The van der Waals surface area contributed by atoms with E-state index in [-0.39, 0.29) is 5.91 Å². The minimum Gasteiger partial charge on any atom is -0.497 e. The highest BCUT2D eigenvalue weighted by molar-refractivity contribution is 5.94. The van der Waals surface area contributed by atoms with E-state index in [1.807, 2.05) is 55.5 Å². The lowest BCUT2D eigenvalue weighted by molar-refractivity contribution is -0.122. The summed E-state index contributed by atoms with van der Waals surface area (Å²) in [6.45, 7) is 1.92. The van der Waals surface area contributed by atoms with Crippen LogP contribution >= 0.6 is 0 Å². The molecule has 0 heterocycles. The van der Waals surface area contributed by atoms with Crippen LogP contribution in [-0.4, -0.2) is 19.1 Å². The molecule has 0 aliphatic carbocycles. The fourth-order valence-corrected chi connectivity index (χ4v) is 1.91. The van der Waals surface area contributed by atoms with E-state index in [0.717, 1.165) is 0 Å². The van der Waals surface area contributed by atoms with Crippen LogP contribution in [0.2, 0.25) is 0 Å². The van der Waals surface area contributed by atoms with Crippen LogP contribution in [0.15, 0.2) is 54.6 Å². The predicted octanol–water partition coefficient (Wildman–Crippen LogP) is 3.49. The molecule has 21 heavy (non-hydrogen) atoms. The molecule has 1 N–H and O–H groups in total. The first-order valence-corrected chi connectivity index (χ1v) is 6.89. The molecular formula is C17H19NO3. The average molecular weight is 285 g/mol. The van der Waals surface area contributed by atoms with E-state index in [1.165, 1.54) is 0 Å². The van der Waals surface area contributed by atoms with E-state index < -0.39 is 6.10 Å². The first kappa shape index (κ1) is 14.9. The van der Waals surface area contributed by atoms with Crippen LogP contribution in [0, 0.1) is 0 Å². The number of anilines is 1. The van der Waals surface area contributed by atoms with Crippen molar-refractivity contribution in [1.29, 1.82) is 0 Å². The SMILES string of the molecule is CC[C@H](Oc1ccccc1)C(=O)Nc1cccc(OC)c1. The van der Waals surface area contributed by atoms with Crippen molar-refractivity contribution >= 4 is 11.6 Å². The van der Waals surface area contributed by atoms with E-state index in [4.69, 9.17) is 9.47 Å². The quantitative estimate of drug-likeness (QED) is 0.883. The van der Waals surface area contributed by atoms with Gasteiger partial charge in [0.1, 0.15) is 11.5 Å². The zero-order chi connectivity index (χ0) is 15.1. The third-order valence-corrected chi connectivity index (χ3v) is 3.02. The molecule has 2 rings (SSSR count). The summed E-state index contributed by atoms with van der Waals surface area (Å²) in [4.78, 5) is 12.3. The van der Waals surface area contributed by atoms with Gasteiger partial charge in [0, 0.05) is 11.8 Å². The van der Waals surface area contributed by atoms with Crippen molar-refractivity contribution in [3.63, 3.8) is 0 Å². The maximum atomic E-state index is 12.3. The molecule has 0 unspecified atom stereocenters. The van der Waals surface area contributed by atoms with E-state index >= 15 is 0 Å². The van der Waals surface area contributed by atoms with Gasteiger partial charge in [-0.3, -0.25) is 4.79 Å². The summed E-state index contributed by atoms with van der Waals surface area (Å²) in [5.74, 6) is 1.21. The lowest BCUT2D eigenvalue weighted by atomic mass is 10.2. The van der Waals surface area contributed by atoms with Gasteiger partial charge in [0.05, 0.1) is 7.11 Å². The van der Waals surface area contributed by atoms with Crippen molar-refractivity contribution in [1.82, 2.24) is 0 Å². The van der Waals surface area contributed by atoms with Crippen molar-refractivity contribution in [2.24, 2.45) is 0 Å². The van der Waals surface area contributed by atoms with E-state index in [2.05, 4.69) is 5.32 Å². The minimum atomic E-state index is -0.529. The first-order chi connectivity index (χ1) is 10.2. The van der Waals surface area contributed by atoms with E-state index in [1.54, 1.807) is 13.2 Å². The summed E-state index contributed by atoms with van der Waals surface area (Å²) in [5, 5.41) is 2.84. The van der Waals surface area contributed by atoms with Crippen LogP contribution in [0.1, 0.15) is 13.3 Å². The molecule has 0 aliphatic rings. The molecule has 2 aromatic rings. The Morgan fingerprint density at radius 3 is 2.48 bits per heavy atom. The van der Waals surface area contributed by atoms with Gasteiger partial charge < -0.3 is 14.8 Å². The Morgan fingerprint density at radius 2 is 1.81 bits per heavy atom. The minimum absolute atomic E-state index is 0.172. The van der Waals surface area contributed by atoms with Crippen molar-refractivity contribution in [3.8, 4) is 11.5 Å². The number of amides is 1. The highest BCUT2D eigenvalue weighted by Crippen LogP contribution is 2.18. The number of nitrogens with one attached hydrogen (secondary N) is 1. The van der Waals surface area contributed by atoms with Crippen molar-refractivity contribution in [2.45, 2.75) is 19.4 Å². The topological polar surface area (TPSA) is 47.6 Å². The molecule has 0 radical (unpaired) electrons. The van der Waals surface area contributed by atoms with E-state index in [0.29, 0.717) is 23.6 Å². The van der Waals surface area contributed by atoms with Crippen LogP contribution in [0.25, 0.3) is 0 Å². The van der Waals surface area contributed by atoms with Gasteiger partial charge in [0.25, 0.3) is 5.91 Å². The number of carbonyl (C=O) groups excluding carboxylic acids is 1. The number of ether oxygens (including phenoxy) is 2. The van der Waals surface area contributed by atoms with Crippen molar-refractivity contribution in [3.05, 3.63) is 54.6 Å². The second kappa shape index (κ2) is 7.33. The number of para-hydroxylation sites is 1. The fourth-order valence-electron chi connectivity index (χ4n) is 1.91. The van der Waals surface area contributed by atoms with Gasteiger partial charge in [-0.1, -0.05) is 31.2 Å². The van der Waals surface area contributed by atoms with Crippen LogP contribution in [0.3, 0.4) is 0 Å². The first-order valence-electron chi connectivity index (χ1n) is 6.89. The highest BCUT2D eigenvalue weighted by Gasteiger charge is 2.18. The fraction of sp³-hybridized carbons (Fsp3) is 0.235. The number of carbonyl (C=O) groups is 1. The van der Waals surface area contributed by atoms with Crippen LogP contribution in [0.5, 0.6) is 11.5 Å². The molecule has 110 valence electrons. The molecule has 0 aromatic heterocycles. The third-order valence-electron chi connectivity index (χ3n) is 3.02. The van der Waals surface area contributed by atoms with Gasteiger partial charge in [0.15, 0.2) is 6.10 Å². The average Bonchev–Trinajstić information content (AvgIpc) is 2.53. The van der Waals surface area contributed by atoms with Gasteiger partial charge in [-0.05, 0) is 30.7 Å². The second-order valence-electron chi connectivity index (χ2n) is 4.55. The smallest absolute Gasteiger partial charge is 0.265 e. The van der Waals surface area contributed by atoms with Crippen LogP contribution in [0.4, 0.5) is 5.69 Å². The molecule has 1 atom stereocenters. The molecule has 4 heteroatoms. The lowest BCUT2D eigenvalue weighted by Gasteiger charge is -2.17. The number of hydrogen-bond acceptors (Lipinski definition) is 3. The second-order valence-corrected chi connectivity index (χ2v) is 4.55. The monoisotopic (exact) mass is 285 g/mol. The Bertz CT molecular complexity index is 584. The van der Waals surface area contributed by atoms with E-state index in [9.17, 15) is 4.79 Å². The Labute approximate surface area is 124 Å². The molecule has 0 spiro atoms. The summed E-state index contributed by atoms with van der Waals surface area (Å²) in [6, 6.07) is 16.6. The third kappa shape index (κ3) is 4.24.